The molecule has 0 aliphatic rings. The molecule has 1 aromatic carbocycles. The molecular weight excluding hydrogens is 342 g/mol. The molecule has 1 aromatic rings. The van der Waals surface area contributed by atoms with E-state index in [1.807, 2.05) is 0 Å². The van der Waals surface area contributed by atoms with Crippen molar-refractivity contribution in [2.75, 3.05) is 17.8 Å². The van der Waals surface area contributed by atoms with E-state index in [-0.39, 0.29) is 12.3 Å². The van der Waals surface area contributed by atoms with Gasteiger partial charge in [0.15, 0.2) is 0 Å². The molecular formula is C10H14BrNO4S2. The van der Waals surface area contributed by atoms with Gasteiger partial charge in [0.2, 0.25) is 10.0 Å². The van der Waals surface area contributed by atoms with Crippen molar-refractivity contribution < 1.29 is 16.8 Å². The number of nitrogens with one attached hydrogen (secondary N) is 1. The fraction of sp³-hybridized carbons (Fsp3) is 0.400. The predicted molar refractivity (Wildman–Crippen MR) is 74.5 cm³/mol. The maximum Gasteiger partial charge on any atom is 0.212 e. The van der Waals surface area contributed by atoms with E-state index < -0.39 is 25.6 Å². The summed E-state index contributed by atoms with van der Waals surface area (Å²) >= 11 is 3.28. The van der Waals surface area contributed by atoms with E-state index in [1.54, 1.807) is 24.3 Å². The van der Waals surface area contributed by atoms with Crippen molar-refractivity contribution in [3.8, 4) is 0 Å². The first-order chi connectivity index (χ1) is 8.18. The molecule has 0 aliphatic heterocycles. The highest BCUT2D eigenvalue weighted by Gasteiger charge is 2.13. The van der Waals surface area contributed by atoms with Gasteiger partial charge in [0, 0.05) is 17.3 Å². The number of sulfone groups is 1. The summed E-state index contributed by atoms with van der Waals surface area (Å²) in [6.45, 7) is 0.152. The Morgan fingerprint density at radius 1 is 1.06 bits per heavy atom. The number of benzene rings is 1. The molecule has 0 aromatic heterocycles. The molecule has 0 spiro atoms. The summed E-state index contributed by atoms with van der Waals surface area (Å²) in [6, 6.07) is 7.17. The third-order valence-corrected chi connectivity index (χ3v) is 5.19. The first-order valence-electron chi connectivity index (χ1n) is 5.07. The summed E-state index contributed by atoms with van der Waals surface area (Å²) in [5.74, 6) is -0.787. The van der Waals surface area contributed by atoms with Gasteiger partial charge in [0.25, 0.3) is 0 Å². The van der Waals surface area contributed by atoms with Gasteiger partial charge in [0.1, 0.15) is 9.84 Å². The molecule has 0 heterocycles. The Bertz CT molecular complexity index is 593. The maximum atomic E-state index is 11.5. The van der Waals surface area contributed by atoms with Crippen LogP contribution < -0.4 is 4.72 Å². The van der Waals surface area contributed by atoms with E-state index in [2.05, 4.69) is 20.7 Å². The molecule has 0 amide bonds. The van der Waals surface area contributed by atoms with E-state index in [0.29, 0.717) is 0 Å². The first-order valence-corrected chi connectivity index (χ1v) is 9.58. The smallest absolute Gasteiger partial charge is 0.212 e. The zero-order valence-corrected chi connectivity index (χ0v) is 13.0. The Hall–Kier alpha value is -0.440. The maximum absolute atomic E-state index is 11.5. The van der Waals surface area contributed by atoms with Crippen LogP contribution in [0.15, 0.2) is 28.7 Å². The number of rotatable bonds is 6. The van der Waals surface area contributed by atoms with E-state index in [4.69, 9.17) is 0 Å². The van der Waals surface area contributed by atoms with Crippen LogP contribution in [0.25, 0.3) is 0 Å². The highest BCUT2D eigenvalue weighted by atomic mass is 79.9. The Morgan fingerprint density at radius 3 is 2.11 bits per heavy atom. The van der Waals surface area contributed by atoms with Crippen molar-refractivity contribution in [2.24, 2.45) is 0 Å². The molecule has 0 atom stereocenters. The van der Waals surface area contributed by atoms with Crippen molar-refractivity contribution >= 4 is 35.8 Å². The SMILES string of the molecule is CS(=O)(=O)CCS(=O)(=O)NCc1ccc(Br)cc1. The Morgan fingerprint density at radius 2 is 1.61 bits per heavy atom. The Labute approximate surface area is 116 Å². The first kappa shape index (κ1) is 15.6. The van der Waals surface area contributed by atoms with Gasteiger partial charge in [-0.1, -0.05) is 28.1 Å². The van der Waals surface area contributed by atoms with Crippen LogP contribution in [0.5, 0.6) is 0 Å². The number of hydrogen-bond donors (Lipinski definition) is 1. The minimum absolute atomic E-state index is 0.152. The number of hydrogen-bond acceptors (Lipinski definition) is 4. The number of sulfonamides is 1. The van der Waals surface area contributed by atoms with E-state index in [0.717, 1.165) is 16.3 Å². The van der Waals surface area contributed by atoms with Crippen LogP contribution in [-0.4, -0.2) is 34.6 Å². The highest BCUT2D eigenvalue weighted by Crippen LogP contribution is 2.10. The van der Waals surface area contributed by atoms with Gasteiger partial charge in [-0.05, 0) is 17.7 Å². The highest BCUT2D eigenvalue weighted by molar-refractivity contribution is 9.10. The summed E-state index contributed by atoms with van der Waals surface area (Å²) in [5.41, 5.74) is 0.807. The van der Waals surface area contributed by atoms with Gasteiger partial charge < -0.3 is 0 Å². The second-order valence-corrected chi connectivity index (χ2v) is 9.00. The average molecular weight is 356 g/mol. The minimum Gasteiger partial charge on any atom is -0.229 e. The normalized spacial score (nSPS) is 12.6. The minimum atomic E-state index is -3.56. The lowest BCUT2D eigenvalue weighted by atomic mass is 10.2. The quantitative estimate of drug-likeness (QED) is 0.822. The summed E-state index contributed by atoms with van der Waals surface area (Å²) in [7, 11) is -6.84. The molecule has 0 saturated carbocycles. The van der Waals surface area contributed by atoms with Crippen LogP contribution in [0.3, 0.4) is 0 Å². The molecule has 1 rings (SSSR count). The molecule has 0 aliphatic carbocycles. The molecule has 0 fully saturated rings. The van der Waals surface area contributed by atoms with E-state index in [1.165, 1.54) is 0 Å². The third-order valence-electron chi connectivity index (χ3n) is 2.13. The van der Waals surface area contributed by atoms with Crippen LogP contribution in [-0.2, 0) is 26.4 Å². The van der Waals surface area contributed by atoms with Crippen molar-refractivity contribution in [3.05, 3.63) is 34.3 Å². The lowest BCUT2D eigenvalue weighted by Gasteiger charge is -2.06. The lowest BCUT2D eigenvalue weighted by molar-refractivity contribution is 0.579. The molecule has 0 unspecified atom stereocenters. The number of halogens is 1. The zero-order chi connectivity index (χ0) is 13.8. The van der Waals surface area contributed by atoms with Crippen molar-refractivity contribution in [3.63, 3.8) is 0 Å². The average Bonchev–Trinajstić information content (AvgIpc) is 2.25. The van der Waals surface area contributed by atoms with Gasteiger partial charge in [-0.2, -0.15) is 0 Å². The Kier molecular flexibility index (Phi) is 5.32. The lowest BCUT2D eigenvalue weighted by Crippen LogP contribution is -2.29. The van der Waals surface area contributed by atoms with Gasteiger partial charge in [-0.25, -0.2) is 21.6 Å². The third kappa shape index (κ3) is 6.48. The van der Waals surface area contributed by atoms with Gasteiger partial charge in [-0.3, -0.25) is 0 Å². The largest absolute Gasteiger partial charge is 0.229 e. The van der Waals surface area contributed by atoms with Crippen molar-refractivity contribution in [2.45, 2.75) is 6.54 Å². The molecule has 0 radical (unpaired) electrons. The topological polar surface area (TPSA) is 80.3 Å². The van der Waals surface area contributed by atoms with E-state index in [9.17, 15) is 16.8 Å². The predicted octanol–water partition coefficient (Wildman–Crippen LogP) is 0.913. The summed E-state index contributed by atoms with van der Waals surface area (Å²) in [4.78, 5) is 0. The summed E-state index contributed by atoms with van der Waals surface area (Å²) in [5, 5.41) is 0. The van der Waals surface area contributed by atoms with Crippen LogP contribution in [0.1, 0.15) is 5.56 Å². The standard InChI is InChI=1S/C10H14BrNO4S2/c1-17(13,14)6-7-18(15,16)12-8-9-2-4-10(11)5-3-9/h2-5,12H,6-8H2,1H3. The van der Waals surface area contributed by atoms with Crippen LogP contribution in [0.4, 0.5) is 0 Å². The molecule has 0 saturated heterocycles. The Balaban J connectivity index is 2.54. The monoisotopic (exact) mass is 355 g/mol. The zero-order valence-electron chi connectivity index (χ0n) is 9.76. The van der Waals surface area contributed by atoms with E-state index >= 15 is 0 Å². The molecule has 0 bridgehead atoms. The van der Waals surface area contributed by atoms with Gasteiger partial charge >= 0.3 is 0 Å². The second-order valence-electron chi connectivity index (χ2n) is 3.90. The van der Waals surface area contributed by atoms with Gasteiger partial charge in [0.05, 0.1) is 11.5 Å². The fourth-order valence-corrected chi connectivity index (χ4v) is 4.01. The fourth-order valence-electron chi connectivity index (χ4n) is 1.13. The molecule has 1 N–H and O–H groups in total. The molecule has 102 valence electrons. The molecule has 5 nitrogen and oxygen atoms in total. The van der Waals surface area contributed by atoms with Crippen LogP contribution in [0, 0.1) is 0 Å². The van der Waals surface area contributed by atoms with Gasteiger partial charge in [-0.15, -0.1) is 0 Å². The van der Waals surface area contributed by atoms with Crippen LogP contribution in [0.2, 0.25) is 0 Å². The van der Waals surface area contributed by atoms with Crippen molar-refractivity contribution in [1.29, 1.82) is 0 Å². The molecule has 8 heteroatoms. The van der Waals surface area contributed by atoms with Crippen molar-refractivity contribution in [1.82, 2.24) is 4.72 Å². The summed E-state index contributed by atoms with van der Waals surface area (Å²) in [6.07, 6.45) is 1.01. The molecule has 18 heavy (non-hydrogen) atoms. The summed E-state index contributed by atoms with van der Waals surface area (Å²) < 4.78 is 48.1. The van der Waals surface area contributed by atoms with Crippen LogP contribution >= 0.6 is 15.9 Å². The second kappa shape index (κ2) is 6.14.